The van der Waals surface area contributed by atoms with Gasteiger partial charge in [0.05, 0.1) is 5.69 Å². The van der Waals surface area contributed by atoms with Crippen molar-refractivity contribution in [3.05, 3.63) is 17.7 Å². The van der Waals surface area contributed by atoms with Crippen LogP contribution in [-0.4, -0.2) is 16.6 Å². The fourth-order valence-electron chi connectivity index (χ4n) is 0.894. The Morgan fingerprint density at radius 2 is 2.40 bits per heavy atom. The zero-order valence-electron chi connectivity index (χ0n) is 6.68. The van der Waals surface area contributed by atoms with Gasteiger partial charge in [-0.15, -0.1) is 0 Å². The minimum absolute atomic E-state index is 0.886. The van der Waals surface area contributed by atoms with E-state index in [-0.39, 0.29) is 0 Å². The largest absolute Gasteiger partial charge is 0.334 e. The Labute approximate surface area is 61.1 Å². The summed E-state index contributed by atoms with van der Waals surface area (Å²) >= 11 is 0. The predicted octanol–water partition coefficient (Wildman–Crippen LogP) is 0.448. The molecule has 10 heavy (non-hydrogen) atoms. The Bertz CT molecular complexity index is 215. The van der Waals surface area contributed by atoms with Crippen molar-refractivity contribution < 1.29 is 0 Å². The van der Waals surface area contributed by atoms with Gasteiger partial charge in [0.25, 0.3) is 0 Å². The van der Waals surface area contributed by atoms with E-state index in [0.717, 1.165) is 12.4 Å². The van der Waals surface area contributed by atoms with E-state index in [2.05, 4.69) is 14.9 Å². The number of hydrogen-bond acceptors (Lipinski definition) is 2. The molecular weight excluding hydrogens is 126 g/mol. The molecule has 1 N–H and O–H groups in total. The summed E-state index contributed by atoms with van der Waals surface area (Å²) in [7, 11) is 3.96. The summed E-state index contributed by atoms with van der Waals surface area (Å²) < 4.78 is 2.08. The normalized spacial score (nSPS) is 10.3. The summed E-state index contributed by atoms with van der Waals surface area (Å²) in [5.74, 6) is 1.06. The van der Waals surface area contributed by atoms with Crippen molar-refractivity contribution in [3.63, 3.8) is 0 Å². The summed E-state index contributed by atoms with van der Waals surface area (Å²) in [4.78, 5) is 4.16. The summed E-state index contributed by atoms with van der Waals surface area (Å²) in [5.41, 5.74) is 1.22. The van der Waals surface area contributed by atoms with Gasteiger partial charge in [0.15, 0.2) is 0 Å². The second-order valence-electron chi connectivity index (χ2n) is 2.39. The van der Waals surface area contributed by atoms with E-state index < -0.39 is 0 Å². The summed E-state index contributed by atoms with van der Waals surface area (Å²) in [5, 5.41) is 3.08. The van der Waals surface area contributed by atoms with Crippen LogP contribution in [0.1, 0.15) is 11.5 Å². The molecule has 0 radical (unpaired) electrons. The predicted molar refractivity (Wildman–Crippen MR) is 40.7 cm³/mol. The highest BCUT2D eigenvalue weighted by molar-refractivity contribution is 5.02. The molecule has 0 aliphatic carbocycles. The Morgan fingerprint density at radius 3 is 2.80 bits per heavy atom. The zero-order valence-corrected chi connectivity index (χ0v) is 6.68. The number of rotatable bonds is 2. The quantitative estimate of drug-likeness (QED) is 0.644. The SMILES string of the molecule is CNCc1cnc(C)n1C. The third-order valence-electron chi connectivity index (χ3n) is 1.67. The summed E-state index contributed by atoms with van der Waals surface area (Å²) in [6.45, 7) is 2.89. The van der Waals surface area contributed by atoms with Crippen LogP contribution in [0.5, 0.6) is 0 Å². The van der Waals surface area contributed by atoms with Gasteiger partial charge in [0, 0.05) is 19.8 Å². The third kappa shape index (κ3) is 1.19. The van der Waals surface area contributed by atoms with Gasteiger partial charge in [-0.3, -0.25) is 0 Å². The first-order valence-corrected chi connectivity index (χ1v) is 3.37. The topological polar surface area (TPSA) is 29.9 Å². The van der Waals surface area contributed by atoms with Gasteiger partial charge in [0.2, 0.25) is 0 Å². The minimum Gasteiger partial charge on any atom is -0.334 e. The first-order valence-electron chi connectivity index (χ1n) is 3.37. The van der Waals surface area contributed by atoms with E-state index >= 15 is 0 Å². The van der Waals surface area contributed by atoms with Gasteiger partial charge in [-0.25, -0.2) is 4.98 Å². The van der Waals surface area contributed by atoms with Crippen LogP contribution in [0, 0.1) is 6.92 Å². The number of aromatic nitrogens is 2. The number of hydrogen-bond donors (Lipinski definition) is 1. The van der Waals surface area contributed by atoms with Crippen LogP contribution >= 0.6 is 0 Å². The molecule has 0 saturated heterocycles. The molecule has 0 amide bonds. The van der Waals surface area contributed by atoms with Crippen molar-refractivity contribution in [3.8, 4) is 0 Å². The van der Waals surface area contributed by atoms with Crippen molar-refractivity contribution in [1.29, 1.82) is 0 Å². The maximum Gasteiger partial charge on any atom is 0.105 e. The molecule has 0 atom stereocenters. The standard InChI is InChI=1S/C7H13N3/c1-6-9-5-7(4-8-2)10(6)3/h5,8H,4H2,1-3H3. The molecule has 0 aromatic carbocycles. The Morgan fingerprint density at radius 1 is 1.70 bits per heavy atom. The monoisotopic (exact) mass is 139 g/mol. The van der Waals surface area contributed by atoms with Gasteiger partial charge in [-0.1, -0.05) is 0 Å². The van der Waals surface area contributed by atoms with Crippen molar-refractivity contribution in [2.45, 2.75) is 13.5 Å². The van der Waals surface area contributed by atoms with Gasteiger partial charge in [-0.05, 0) is 14.0 Å². The van der Waals surface area contributed by atoms with Gasteiger partial charge >= 0.3 is 0 Å². The van der Waals surface area contributed by atoms with Gasteiger partial charge in [-0.2, -0.15) is 0 Å². The highest BCUT2D eigenvalue weighted by atomic mass is 15.1. The van der Waals surface area contributed by atoms with E-state index in [9.17, 15) is 0 Å². The van der Waals surface area contributed by atoms with Crippen molar-refractivity contribution in [1.82, 2.24) is 14.9 Å². The summed E-state index contributed by atoms with van der Waals surface area (Å²) in [6.07, 6.45) is 1.89. The molecule has 1 aromatic rings. The Kier molecular flexibility index (Phi) is 2.06. The number of aryl methyl sites for hydroxylation is 1. The van der Waals surface area contributed by atoms with Crippen LogP contribution in [0.15, 0.2) is 6.20 Å². The van der Waals surface area contributed by atoms with Crippen LogP contribution in [0.25, 0.3) is 0 Å². The van der Waals surface area contributed by atoms with Crippen LogP contribution in [0.2, 0.25) is 0 Å². The fourth-order valence-corrected chi connectivity index (χ4v) is 0.894. The lowest BCUT2D eigenvalue weighted by atomic mass is 10.4. The van der Waals surface area contributed by atoms with E-state index in [4.69, 9.17) is 0 Å². The molecule has 0 aliphatic heterocycles. The molecule has 0 fully saturated rings. The van der Waals surface area contributed by atoms with E-state index in [1.807, 2.05) is 27.2 Å². The van der Waals surface area contributed by atoms with E-state index in [1.165, 1.54) is 5.69 Å². The molecule has 0 bridgehead atoms. The van der Waals surface area contributed by atoms with Crippen LogP contribution in [0.4, 0.5) is 0 Å². The molecular formula is C7H13N3. The Balaban J connectivity index is 2.83. The van der Waals surface area contributed by atoms with Crippen molar-refractivity contribution in [2.75, 3.05) is 7.05 Å². The third-order valence-corrected chi connectivity index (χ3v) is 1.67. The second-order valence-corrected chi connectivity index (χ2v) is 2.39. The Hall–Kier alpha value is -0.830. The molecule has 0 saturated carbocycles. The first kappa shape index (κ1) is 7.28. The molecule has 0 spiro atoms. The van der Waals surface area contributed by atoms with E-state index in [1.54, 1.807) is 0 Å². The van der Waals surface area contributed by atoms with E-state index in [0.29, 0.717) is 0 Å². The van der Waals surface area contributed by atoms with Gasteiger partial charge < -0.3 is 9.88 Å². The van der Waals surface area contributed by atoms with Gasteiger partial charge in [0.1, 0.15) is 5.82 Å². The molecule has 1 aromatic heterocycles. The lowest BCUT2D eigenvalue weighted by Crippen LogP contribution is -2.09. The number of imidazole rings is 1. The zero-order chi connectivity index (χ0) is 7.56. The van der Waals surface area contributed by atoms with Crippen molar-refractivity contribution >= 4 is 0 Å². The average Bonchev–Trinajstić information content (AvgIpc) is 2.20. The van der Waals surface area contributed by atoms with Crippen LogP contribution in [0.3, 0.4) is 0 Å². The maximum absolute atomic E-state index is 4.16. The molecule has 3 nitrogen and oxygen atoms in total. The lowest BCUT2D eigenvalue weighted by molar-refractivity contribution is 0.721. The number of nitrogens with one attached hydrogen (secondary N) is 1. The molecule has 1 rings (SSSR count). The highest BCUT2D eigenvalue weighted by Crippen LogP contribution is 1.99. The molecule has 1 heterocycles. The second kappa shape index (κ2) is 2.84. The fraction of sp³-hybridized carbons (Fsp3) is 0.571. The molecule has 0 aliphatic rings. The maximum atomic E-state index is 4.16. The van der Waals surface area contributed by atoms with Crippen LogP contribution in [-0.2, 0) is 13.6 Å². The lowest BCUT2D eigenvalue weighted by Gasteiger charge is -2.00. The summed E-state index contributed by atoms with van der Waals surface area (Å²) in [6, 6.07) is 0. The number of nitrogens with zero attached hydrogens (tertiary/aromatic N) is 2. The highest BCUT2D eigenvalue weighted by Gasteiger charge is 1.98. The molecule has 56 valence electrons. The first-order chi connectivity index (χ1) is 4.75. The minimum atomic E-state index is 0.886. The molecule has 0 unspecified atom stereocenters. The molecule has 3 heteroatoms. The van der Waals surface area contributed by atoms with Crippen LogP contribution < -0.4 is 5.32 Å². The van der Waals surface area contributed by atoms with Crippen molar-refractivity contribution in [2.24, 2.45) is 7.05 Å². The smallest absolute Gasteiger partial charge is 0.105 e. The average molecular weight is 139 g/mol.